The van der Waals surface area contributed by atoms with Gasteiger partial charge >= 0.3 is 24.7 Å². The van der Waals surface area contributed by atoms with E-state index in [0.717, 1.165) is 26.7 Å². The summed E-state index contributed by atoms with van der Waals surface area (Å²) < 4.78 is 159. The highest BCUT2D eigenvalue weighted by Gasteiger charge is 2.53. The van der Waals surface area contributed by atoms with E-state index in [0.29, 0.717) is 12.3 Å². The Balaban J connectivity index is -0.000000169. The Hall–Kier alpha value is -7.51. The molecule has 0 aromatic rings. The molecule has 141 heavy (non-hydrogen) atoms. The van der Waals surface area contributed by atoms with Crippen LogP contribution in [0.25, 0.3) is 0 Å². The molecule has 0 aliphatic carbocycles. The van der Waals surface area contributed by atoms with E-state index in [1.807, 2.05) is 187 Å². The highest BCUT2D eigenvalue weighted by molar-refractivity contribution is 6.08. The predicted octanol–water partition coefficient (Wildman–Crippen LogP) is 27.7. The quantitative estimate of drug-likeness (QED) is 0.0426. The first-order chi connectivity index (χ1) is 61.2. The molecule has 826 valence electrons. The Morgan fingerprint density at radius 1 is 0.199 bits per heavy atom. The molecule has 0 aliphatic rings. The van der Waals surface area contributed by atoms with Gasteiger partial charge in [-0.05, 0) is 59.3 Å². The van der Waals surface area contributed by atoms with Crippen LogP contribution in [0, 0.1) is 100.0 Å². The Labute approximate surface area is 836 Å². The number of halogens is 13. The van der Waals surface area contributed by atoms with E-state index < -0.39 is 175 Å². The molecule has 0 aromatic heterocycles. The zero-order valence-corrected chi connectivity index (χ0v) is 95.0. The third-order valence-corrected chi connectivity index (χ3v) is 21.3. The summed E-state index contributed by atoms with van der Waals surface area (Å²) in [7, 11) is 0. The molecule has 0 spiro atoms. The third-order valence-electron chi connectivity index (χ3n) is 21.3. The molecule has 0 saturated heterocycles. The van der Waals surface area contributed by atoms with Crippen molar-refractivity contribution in [2.45, 2.75) is 472 Å². The molecule has 0 radical (unpaired) electrons. The van der Waals surface area contributed by atoms with Gasteiger partial charge in [-0.2, -0.15) is 52.7 Å². The van der Waals surface area contributed by atoms with Gasteiger partial charge in [-0.25, -0.2) is 4.39 Å². The Bertz CT molecular complexity index is 3700. The lowest BCUT2D eigenvalue weighted by atomic mass is 9.80. The average molecular weight is 2050 g/mol. The first-order valence-electron chi connectivity index (χ1n) is 47.8. The Morgan fingerprint density at radius 3 is 0.518 bits per heavy atom. The van der Waals surface area contributed by atoms with Gasteiger partial charge in [0.15, 0.2) is 17.2 Å². The van der Waals surface area contributed by atoms with Crippen molar-refractivity contribution in [1.29, 1.82) is 0 Å². The molecule has 0 amide bonds. The van der Waals surface area contributed by atoms with Crippen molar-refractivity contribution in [3.63, 3.8) is 0 Å². The normalized spacial score (nSPS) is 13.0. The molecule has 0 heterocycles. The smallest absolute Gasteiger partial charge is 0.299 e. The lowest BCUT2D eigenvalue weighted by molar-refractivity contribution is -0.210. The van der Waals surface area contributed by atoms with Crippen LogP contribution < -0.4 is 0 Å². The second-order valence-electron chi connectivity index (χ2n) is 49.7. The first-order valence-corrected chi connectivity index (χ1v) is 47.8. The third kappa shape index (κ3) is 78.5. The minimum atomic E-state index is -4.90. The maximum atomic E-state index is 13.0. The van der Waals surface area contributed by atoms with Crippen LogP contribution in [0.3, 0.4) is 0 Å². The molecular weight excluding hydrogens is 1860 g/mol. The van der Waals surface area contributed by atoms with Crippen LogP contribution >= 0.6 is 0 Å². The average Bonchev–Trinajstić information content (AvgIpc) is 0.804. The lowest BCUT2D eigenvalue weighted by Gasteiger charge is -2.27. The zero-order valence-electron chi connectivity index (χ0n) is 95.0. The number of carbonyl (C=O) groups excluding carboxylic acids is 20. The minimum absolute atomic E-state index is 0.0208. The number of alkyl halides is 13. The standard InChI is InChI=1S/2C12H19F3O2.C12H22O2.C11H17F3O2.3C11H20O2.C10H17FO2.C10H18O2.C8H11F3O2/c2*1-5-8(7-12(13,14)15)9(16)6-10(17)11(2,3)4;1-6-9(7-2)10(13)8-11(14)12(3,4)5;1-9(2,3)7(15)6-8(16)10(4,5)11(12,13)14;2*1-10(2,3)8(12)7-9(13)11(4,5)6;1-8(2)6-9(12)7-10(13)11(3,4)5;1-9(2,3)7(12)6-8(13)10(4,5)11;1-7(2)8(11)6-9(12)10(3,4)5;1-7(2,3)5(12)4-6(13)8(9,10)11/h2*8H,5-7H2,1-4H3;9H,6-8H2,1-5H3;6H2,1-5H3;2*7H2,1-6H3;8H,6-7H2,1-5H3;6H2,1-5H3;7H,6H2,1-5H3;4H2,1-3H3. The molecule has 2 unspecified atom stereocenters. The maximum absolute atomic E-state index is 13.0. The van der Waals surface area contributed by atoms with Crippen LogP contribution in [0.5, 0.6) is 0 Å². The maximum Gasteiger partial charge on any atom is 0.450 e. The summed E-state index contributed by atoms with van der Waals surface area (Å²) in [4.78, 5) is 228. The SMILES string of the molecule is CC(C)(C)C(=O)CC(=O)C(C)(C)C.CC(C)(C)C(=O)CC(=O)C(C)(C)C.CC(C)(C)C(=O)CC(=O)C(C)(C)C(F)(F)F.CC(C)(C)C(=O)CC(=O)C(C)(C)F.CC(C)(C)C(=O)CC(=O)C(F)(F)F.CC(C)C(=O)CC(=O)C(C)(C)C.CC(C)CC(=O)CC(=O)C(C)(C)C.CCC(CC(F)(F)F)C(=O)CC(=O)C(C)(C)C.CCC(CC(F)(F)F)C(=O)CC(=O)C(C)(C)C.CCC(CC)C(=O)CC(=O)C(C)(C)C. The number of rotatable bonds is 34. The fourth-order valence-corrected chi connectivity index (χ4v) is 8.85. The van der Waals surface area contributed by atoms with Gasteiger partial charge in [0, 0.05) is 95.1 Å². The van der Waals surface area contributed by atoms with E-state index >= 15 is 0 Å². The van der Waals surface area contributed by atoms with Crippen molar-refractivity contribution >= 4 is 116 Å². The van der Waals surface area contributed by atoms with Gasteiger partial charge in [-0.3, -0.25) is 95.9 Å². The number of Topliss-reactive ketones (excluding diaryl/α,β-unsaturated/α-hetero) is 20. The molecule has 0 aliphatic heterocycles. The number of hydrogen-bond donors (Lipinski definition) is 0. The van der Waals surface area contributed by atoms with Crippen molar-refractivity contribution < 1.29 is 153 Å². The second kappa shape index (κ2) is 61.8. The zero-order chi connectivity index (χ0) is 116. The van der Waals surface area contributed by atoms with Crippen molar-refractivity contribution in [2.75, 3.05) is 0 Å². The molecule has 20 nitrogen and oxygen atoms in total. The van der Waals surface area contributed by atoms with Gasteiger partial charge in [0.05, 0.1) is 77.0 Å². The largest absolute Gasteiger partial charge is 0.450 e. The Morgan fingerprint density at radius 2 is 0.362 bits per heavy atom. The number of carbonyl (C=O) groups is 20. The minimum Gasteiger partial charge on any atom is -0.299 e. The van der Waals surface area contributed by atoms with E-state index in [9.17, 15) is 153 Å². The van der Waals surface area contributed by atoms with E-state index in [4.69, 9.17) is 0 Å². The van der Waals surface area contributed by atoms with Gasteiger partial charge in [0.1, 0.15) is 104 Å². The first kappa shape index (κ1) is 154. The summed E-state index contributed by atoms with van der Waals surface area (Å²) in [5.41, 5.74) is -10.8. The van der Waals surface area contributed by atoms with Gasteiger partial charge in [-0.1, -0.05) is 305 Å². The fourth-order valence-electron chi connectivity index (χ4n) is 8.85. The molecule has 0 saturated carbocycles. The lowest BCUT2D eigenvalue weighted by Crippen LogP contribution is -2.41. The molecule has 0 fully saturated rings. The summed E-state index contributed by atoms with van der Waals surface area (Å²) in [5.74, 6) is -8.35. The van der Waals surface area contributed by atoms with Crippen molar-refractivity contribution in [1.82, 2.24) is 0 Å². The van der Waals surface area contributed by atoms with Crippen molar-refractivity contribution in [2.24, 2.45) is 100.0 Å². The topological polar surface area (TPSA) is 341 Å². The summed E-state index contributed by atoms with van der Waals surface area (Å²) in [6.07, 6.45) is -20.6. The van der Waals surface area contributed by atoms with Gasteiger partial charge in [0.25, 0.3) is 0 Å². The summed E-state index contributed by atoms with van der Waals surface area (Å²) in [5, 5.41) is 0. The van der Waals surface area contributed by atoms with E-state index in [1.165, 1.54) is 48.5 Å². The highest BCUT2D eigenvalue weighted by atomic mass is 19.4. The predicted molar refractivity (Wildman–Crippen MR) is 528 cm³/mol. The van der Waals surface area contributed by atoms with Crippen LogP contribution in [0.2, 0.25) is 0 Å². The van der Waals surface area contributed by atoms with Gasteiger partial charge in [0.2, 0.25) is 5.78 Å². The molecule has 2 atom stereocenters. The Kier molecular flexibility index (Phi) is 67.4. The van der Waals surface area contributed by atoms with Gasteiger partial charge < -0.3 is 0 Å². The van der Waals surface area contributed by atoms with Crippen LogP contribution in [-0.4, -0.2) is 146 Å². The summed E-state index contributed by atoms with van der Waals surface area (Å²) in [6, 6.07) is 0. The van der Waals surface area contributed by atoms with Crippen molar-refractivity contribution in [3.8, 4) is 0 Å². The molecule has 0 aromatic carbocycles. The van der Waals surface area contributed by atoms with Crippen LogP contribution in [0.15, 0.2) is 0 Å². The molecule has 0 bridgehead atoms. The fraction of sp³-hybridized carbons (Fsp3) is 0.815. The molecule has 0 N–H and O–H groups in total. The van der Waals surface area contributed by atoms with E-state index in [2.05, 4.69) is 0 Å². The van der Waals surface area contributed by atoms with E-state index in [-0.39, 0.29) is 155 Å². The molecule has 0 rings (SSSR count). The van der Waals surface area contributed by atoms with E-state index in [1.54, 1.807) is 83.1 Å². The van der Waals surface area contributed by atoms with Gasteiger partial charge in [-0.15, -0.1) is 0 Å². The number of hydrogen-bond acceptors (Lipinski definition) is 20. The second-order valence-corrected chi connectivity index (χ2v) is 49.7. The summed E-state index contributed by atoms with van der Waals surface area (Å²) >= 11 is 0. The summed E-state index contributed by atoms with van der Waals surface area (Å²) in [6.45, 7) is 81.4. The van der Waals surface area contributed by atoms with Crippen LogP contribution in [0.1, 0.15) is 441 Å². The molecule has 33 heteroatoms. The van der Waals surface area contributed by atoms with Crippen LogP contribution in [0.4, 0.5) is 57.1 Å². The molecular formula is C108H183F13O20. The monoisotopic (exact) mass is 2050 g/mol. The highest BCUT2D eigenvalue weighted by Crippen LogP contribution is 2.41. The number of ketones is 20. The van der Waals surface area contributed by atoms with Crippen molar-refractivity contribution in [3.05, 3.63) is 0 Å². The van der Waals surface area contributed by atoms with Crippen LogP contribution in [-0.2, 0) is 95.9 Å².